The predicted octanol–water partition coefficient (Wildman–Crippen LogP) is 2.78. The van der Waals surface area contributed by atoms with Gasteiger partial charge in [0.05, 0.1) is 0 Å². The van der Waals surface area contributed by atoms with E-state index in [2.05, 4.69) is 20.4 Å². The van der Waals surface area contributed by atoms with E-state index in [1.54, 1.807) is 11.1 Å². The second kappa shape index (κ2) is 9.25. The normalized spacial score (nSPS) is 16.0. The van der Waals surface area contributed by atoms with Crippen LogP contribution >= 0.6 is 0 Å². The molecule has 0 saturated carbocycles. The first kappa shape index (κ1) is 20.9. The van der Waals surface area contributed by atoms with Crippen LogP contribution in [0, 0.1) is 6.92 Å². The molecule has 3 heterocycles. The third-order valence-electron chi connectivity index (χ3n) is 5.63. The number of aryl methyl sites for hydroxylation is 1. The minimum Gasteiger partial charge on any atom is -0.484 e. The lowest BCUT2D eigenvalue weighted by Gasteiger charge is -2.33. The standard InChI is InChI=1S/C24H24N6O3/c1-17-26-12-14-29(17)19-9-7-18(8-10-19)23-27-24(33-28-23)21-15-25-11-13-30(21)22(31)16-32-20-5-3-2-4-6-20/h2-10,12,14,21,25H,11,13,15-16H2,1H3. The third-order valence-corrected chi connectivity index (χ3v) is 5.63. The fraction of sp³-hybridized carbons (Fsp3) is 0.250. The van der Waals surface area contributed by atoms with Gasteiger partial charge >= 0.3 is 0 Å². The number of carbonyl (C=O) groups excluding carboxylic acids is 1. The average molecular weight is 444 g/mol. The van der Waals surface area contributed by atoms with Gasteiger partial charge in [0.25, 0.3) is 11.8 Å². The van der Waals surface area contributed by atoms with E-state index in [1.165, 1.54) is 0 Å². The first-order chi connectivity index (χ1) is 16.2. The summed E-state index contributed by atoms with van der Waals surface area (Å²) in [5, 5.41) is 7.45. The molecule has 0 radical (unpaired) electrons. The summed E-state index contributed by atoms with van der Waals surface area (Å²) in [6.07, 6.45) is 3.69. The monoisotopic (exact) mass is 444 g/mol. The van der Waals surface area contributed by atoms with Crippen molar-refractivity contribution < 1.29 is 14.1 Å². The van der Waals surface area contributed by atoms with Crippen LogP contribution in [-0.4, -0.2) is 56.7 Å². The number of hydrogen-bond acceptors (Lipinski definition) is 7. The van der Waals surface area contributed by atoms with Crippen molar-refractivity contribution in [2.24, 2.45) is 0 Å². The molecule has 1 aliphatic heterocycles. The van der Waals surface area contributed by atoms with Gasteiger partial charge in [0, 0.05) is 43.3 Å². The molecule has 33 heavy (non-hydrogen) atoms. The van der Waals surface area contributed by atoms with Gasteiger partial charge in [-0.05, 0) is 43.3 Å². The number of aromatic nitrogens is 4. The van der Waals surface area contributed by atoms with Crippen LogP contribution < -0.4 is 10.1 Å². The predicted molar refractivity (Wildman–Crippen MR) is 121 cm³/mol. The Balaban J connectivity index is 1.30. The van der Waals surface area contributed by atoms with Gasteiger partial charge in [0.2, 0.25) is 5.82 Å². The van der Waals surface area contributed by atoms with E-state index < -0.39 is 0 Å². The van der Waals surface area contributed by atoms with Gasteiger partial charge in [-0.3, -0.25) is 4.79 Å². The molecular formula is C24H24N6O3. The SMILES string of the molecule is Cc1nccn1-c1ccc(-c2noc(C3CNCCN3C(=O)COc3ccccc3)n2)cc1. The molecule has 2 aromatic carbocycles. The summed E-state index contributed by atoms with van der Waals surface area (Å²) in [5.41, 5.74) is 1.84. The van der Waals surface area contributed by atoms with E-state index in [0.717, 1.165) is 17.1 Å². The van der Waals surface area contributed by atoms with Crippen LogP contribution in [0.5, 0.6) is 5.75 Å². The molecule has 0 aliphatic carbocycles. The van der Waals surface area contributed by atoms with Gasteiger partial charge in [-0.25, -0.2) is 4.98 Å². The number of imidazole rings is 1. The van der Waals surface area contributed by atoms with Crippen molar-refractivity contribution in [2.45, 2.75) is 13.0 Å². The third kappa shape index (κ3) is 4.49. The van der Waals surface area contributed by atoms with Gasteiger partial charge in [-0.15, -0.1) is 0 Å². The number of benzene rings is 2. The van der Waals surface area contributed by atoms with Crippen LogP contribution in [0.1, 0.15) is 17.8 Å². The molecule has 1 saturated heterocycles. The molecule has 1 unspecified atom stereocenters. The van der Waals surface area contributed by atoms with E-state index in [4.69, 9.17) is 9.26 Å². The summed E-state index contributed by atoms with van der Waals surface area (Å²) in [4.78, 5) is 23.5. The molecule has 4 aromatic rings. The van der Waals surface area contributed by atoms with Crippen molar-refractivity contribution >= 4 is 5.91 Å². The van der Waals surface area contributed by atoms with Crippen molar-refractivity contribution in [3.8, 4) is 22.8 Å². The molecule has 1 fully saturated rings. The summed E-state index contributed by atoms with van der Waals surface area (Å²) >= 11 is 0. The van der Waals surface area contributed by atoms with Crippen molar-refractivity contribution in [1.82, 2.24) is 29.9 Å². The Bertz CT molecular complexity index is 1220. The average Bonchev–Trinajstić information content (AvgIpc) is 3.53. The lowest BCUT2D eigenvalue weighted by molar-refractivity contribution is -0.137. The number of nitrogens with zero attached hydrogens (tertiary/aromatic N) is 5. The number of carbonyl (C=O) groups is 1. The van der Waals surface area contributed by atoms with Crippen molar-refractivity contribution in [3.63, 3.8) is 0 Å². The second-order valence-electron chi connectivity index (χ2n) is 7.76. The van der Waals surface area contributed by atoms with E-state index in [1.807, 2.05) is 72.3 Å². The summed E-state index contributed by atoms with van der Waals surface area (Å²) in [5.74, 6) is 2.34. The smallest absolute Gasteiger partial charge is 0.261 e. The van der Waals surface area contributed by atoms with E-state index in [9.17, 15) is 4.79 Å². The summed E-state index contributed by atoms with van der Waals surface area (Å²) in [6, 6.07) is 16.8. The molecule has 168 valence electrons. The molecular weight excluding hydrogens is 420 g/mol. The van der Waals surface area contributed by atoms with E-state index in [-0.39, 0.29) is 18.6 Å². The Kier molecular flexibility index (Phi) is 5.86. The summed E-state index contributed by atoms with van der Waals surface area (Å²) in [7, 11) is 0. The fourth-order valence-electron chi connectivity index (χ4n) is 3.88. The molecule has 9 heteroatoms. The number of rotatable bonds is 6. The van der Waals surface area contributed by atoms with Gasteiger partial charge in [-0.2, -0.15) is 4.98 Å². The van der Waals surface area contributed by atoms with Crippen molar-refractivity contribution in [2.75, 3.05) is 26.2 Å². The quantitative estimate of drug-likeness (QED) is 0.488. The molecule has 1 N–H and O–H groups in total. The zero-order valence-electron chi connectivity index (χ0n) is 18.2. The molecule has 2 aromatic heterocycles. The number of ether oxygens (including phenoxy) is 1. The Morgan fingerprint density at radius 1 is 1.18 bits per heavy atom. The highest BCUT2D eigenvalue weighted by Gasteiger charge is 2.32. The van der Waals surface area contributed by atoms with Gasteiger partial charge in [-0.1, -0.05) is 23.4 Å². The van der Waals surface area contributed by atoms with Crippen LogP contribution in [0.4, 0.5) is 0 Å². The lowest BCUT2D eigenvalue weighted by Crippen LogP contribution is -2.50. The van der Waals surface area contributed by atoms with Crippen LogP contribution in [0.3, 0.4) is 0 Å². The lowest BCUT2D eigenvalue weighted by atomic mass is 10.1. The van der Waals surface area contributed by atoms with Gasteiger partial charge < -0.3 is 24.0 Å². The van der Waals surface area contributed by atoms with Crippen molar-refractivity contribution in [3.05, 3.63) is 78.7 Å². The first-order valence-electron chi connectivity index (χ1n) is 10.8. The summed E-state index contributed by atoms with van der Waals surface area (Å²) < 4.78 is 13.2. The van der Waals surface area contributed by atoms with Crippen LogP contribution in [0.2, 0.25) is 0 Å². The molecule has 9 nitrogen and oxygen atoms in total. The van der Waals surface area contributed by atoms with Crippen molar-refractivity contribution in [1.29, 1.82) is 0 Å². The molecule has 5 rings (SSSR count). The number of piperazine rings is 1. The number of hydrogen-bond donors (Lipinski definition) is 1. The Morgan fingerprint density at radius 2 is 2.00 bits per heavy atom. The highest BCUT2D eigenvalue weighted by atomic mass is 16.5. The van der Waals surface area contributed by atoms with Gasteiger partial charge in [0.1, 0.15) is 17.6 Å². The highest BCUT2D eigenvalue weighted by Crippen LogP contribution is 2.25. The minimum atomic E-state index is -0.347. The highest BCUT2D eigenvalue weighted by molar-refractivity contribution is 5.78. The van der Waals surface area contributed by atoms with Crippen LogP contribution in [0.25, 0.3) is 17.1 Å². The zero-order valence-corrected chi connectivity index (χ0v) is 18.2. The first-order valence-corrected chi connectivity index (χ1v) is 10.8. The Morgan fingerprint density at radius 3 is 2.76 bits per heavy atom. The molecule has 1 atom stereocenters. The number of para-hydroxylation sites is 1. The Labute approximate surface area is 191 Å². The minimum absolute atomic E-state index is 0.0450. The molecule has 1 amide bonds. The molecule has 0 bridgehead atoms. The Hall–Kier alpha value is -3.98. The maximum atomic E-state index is 12.9. The zero-order chi connectivity index (χ0) is 22.6. The largest absolute Gasteiger partial charge is 0.484 e. The fourth-order valence-corrected chi connectivity index (χ4v) is 3.88. The molecule has 1 aliphatic rings. The van der Waals surface area contributed by atoms with E-state index >= 15 is 0 Å². The number of nitrogens with one attached hydrogen (secondary N) is 1. The maximum Gasteiger partial charge on any atom is 0.261 e. The van der Waals surface area contributed by atoms with Crippen LogP contribution in [0.15, 0.2) is 71.5 Å². The topological polar surface area (TPSA) is 98.3 Å². The molecule has 0 spiro atoms. The van der Waals surface area contributed by atoms with Gasteiger partial charge in [0.15, 0.2) is 6.61 Å². The van der Waals surface area contributed by atoms with E-state index in [0.29, 0.717) is 37.1 Å². The number of amides is 1. The maximum absolute atomic E-state index is 12.9. The van der Waals surface area contributed by atoms with Crippen LogP contribution in [-0.2, 0) is 4.79 Å². The second-order valence-corrected chi connectivity index (χ2v) is 7.76. The summed E-state index contributed by atoms with van der Waals surface area (Å²) in [6.45, 7) is 3.69.